The van der Waals surface area contributed by atoms with Crippen molar-refractivity contribution in [2.24, 2.45) is 0 Å². The van der Waals surface area contributed by atoms with Crippen molar-refractivity contribution in [3.63, 3.8) is 0 Å². The number of urea groups is 1. The first-order valence-corrected chi connectivity index (χ1v) is 13.1. The molecule has 1 aliphatic carbocycles. The number of anilines is 1. The highest BCUT2D eigenvalue weighted by Gasteiger charge is 2.46. The molecule has 1 unspecified atom stereocenters. The molecule has 2 heterocycles. The highest BCUT2D eigenvalue weighted by molar-refractivity contribution is 6.07. The number of carbonyl (C=O) groups excluding carboxylic acids is 4. The zero-order chi connectivity index (χ0) is 29.5. The zero-order valence-electron chi connectivity index (χ0n) is 22.1. The summed E-state index contributed by atoms with van der Waals surface area (Å²) < 4.78 is 40.8. The summed E-state index contributed by atoms with van der Waals surface area (Å²) in [6.07, 6.45) is -3.82. The number of allylic oxidation sites excluding steroid dienone is 1. The zero-order valence-corrected chi connectivity index (χ0v) is 22.1. The van der Waals surface area contributed by atoms with Gasteiger partial charge in [0.2, 0.25) is 11.8 Å². The first-order valence-electron chi connectivity index (χ1n) is 13.1. The van der Waals surface area contributed by atoms with E-state index in [1.807, 2.05) is 6.07 Å². The lowest BCUT2D eigenvalue weighted by atomic mass is 9.83. The molecule has 0 bridgehead atoms. The van der Waals surface area contributed by atoms with Gasteiger partial charge in [0.05, 0.1) is 35.5 Å². The number of rotatable bonds is 4. The van der Waals surface area contributed by atoms with Crippen LogP contribution in [0.5, 0.6) is 0 Å². The molecule has 3 aliphatic rings. The fourth-order valence-corrected chi connectivity index (χ4v) is 5.45. The third-order valence-electron chi connectivity index (χ3n) is 7.62. The number of ketones is 1. The number of hydrogen-bond donors (Lipinski definition) is 0. The average molecular weight is 566 g/mol. The van der Waals surface area contributed by atoms with Crippen LogP contribution in [0.4, 0.5) is 23.7 Å². The van der Waals surface area contributed by atoms with Gasteiger partial charge in [0.25, 0.3) is 0 Å². The maximum Gasteiger partial charge on any atom is 0.416 e. The molecule has 12 heteroatoms. The molecule has 5 rings (SSSR count). The summed E-state index contributed by atoms with van der Waals surface area (Å²) in [6.45, 7) is -0.139. The number of amides is 4. The predicted molar refractivity (Wildman–Crippen MR) is 140 cm³/mol. The smallest absolute Gasteiger partial charge is 0.342 e. The van der Waals surface area contributed by atoms with E-state index in [1.165, 1.54) is 39.0 Å². The predicted octanol–water partition coefficient (Wildman–Crippen LogP) is 3.87. The summed E-state index contributed by atoms with van der Waals surface area (Å²) in [6, 6.07) is 10.8. The van der Waals surface area contributed by atoms with Crippen molar-refractivity contribution in [2.45, 2.75) is 31.5 Å². The average Bonchev–Trinajstić information content (AvgIpc) is 2.95. The fourth-order valence-electron chi connectivity index (χ4n) is 5.45. The summed E-state index contributed by atoms with van der Waals surface area (Å²) in [5.41, 5.74) is 0.311. The standard InChI is InChI=1S/C29H26F3N5O4/c1-34-12-13-35(16-24(34)39)25(40)17-36-27(19-10-8-18(15-33)9-11-19)26-22(6-3-7-23(26)38)37(28(36)41)21-5-2-4-20(14-21)29(30,31)32/h2,4-5,8-11,14,27H,3,6-7,12-13,16-17H2,1H3. The summed E-state index contributed by atoms with van der Waals surface area (Å²) in [4.78, 5) is 58.5. The van der Waals surface area contributed by atoms with Crippen LogP contribution in [0.25, 0.3) is 0 Å². The van der Waals surface area contributed by atoms with Gasteiger partial charge in [-0.2, -0.15) is 18.4 Å². The monoisotopic (exact) mass is 565 g/mol. The molecule has 2 aromatic rings. The molecule has 0 saturated carbocycles. The van der Waals surface area contributed by atoms with E-state index in [1.54, 1.807) is 19.2 Å². The van der Waals surface area contributed by atoms with Crippen LogP contribution in [0.2, 0.25) is 0 Å². The lowest BCUT2D eigenvalue weighted by molar-refractivity contribution is -0.144. The van der Waals surface area contributed by atoms with E-state index >= 15 is 0 Å². The SMILES string of the molecule is CN1CCN(C(=O)CN2C(=O)N(c3cccc(C(F)(F)F)c3)C3=C(C(=O)CCC3)C2c2ccc(C#N)cc2)CC1=O. The van der Waals surface area contributed by atoms with E-state index in [4.69, 9.17) is 0 Å². The molecule has 4 amide bonds. The molecule has 0 N–H and O–H groups in total. The third kappa shape index (κ3) is 5.27. The quantitative estimate of drug-likeness (QED) is 0.560. The van der Waals surface area contributed by atoms with Crippen molar-refractivity contribution in [1.82, 2.24) is 14.7 Å². The minimum Gasteiger partial charge on any atom is -0.342 e. The van der Waals surface area contributed by atoms with Crippen molar-refractivity contribution in [3.05, 3.63) is 76.5 Å². The van der Waals surface area contributed by atoms with Gasteiger partial charge in [0.1, 0.15) is 6.54 Å². The Hall–Kier alpha value is -4.66. The van der Waals surface area contributed by atoms with Crippen LogP contribution in [0.1, 0.15) is 42.0 Å². The Morgan fingerprint density at radius 2 is 1.78 bits per heavy atom. The Kier molecular flexibility index (Phi) is 7.29. The number of carbonyl (C=O) groups is 4. The van der Waals surface area contributed by atoms with Gasteiger partial charge in [-0.25, -0.2) is 4.79 Å². The number of nitriles is 1. The van der Waals surface area contributed by atoms with Gasteiger partial charge in [-0.1, -0.05) is 18.2 Å². The molecule has 0 aromatic heterocycles. The molecule has 41 heavy (non-hydrogen) atoms. The maximum absolute atomic E-state index is 14.2. The molecule has 2 aromatic carbocycles. The lowest BCUT2D eigenvalue weighted by Gasteiger charge is -2.45. The van der Waals surface area contributed by atoms with E-state index in [0.29, 0.717) is 29.8 Å². The van der Waals surface area contributed by atoms with E-state index in [0.717, 1.165) is 17.0 Å². The third-order valence-corrected chi connectivity index (χ3v) is 7.62. The number of likely N-dealkylation sites (N-methyl/N-ethyl adjacent to an activating group) is 1. The van der Waals surface area contributed by atoms with Crippen LogP contribution < -0.4 is 4.90 Å². The van der Waals surface area contributed by atoms with Crippen LogP contribution >= 0.6 is 0 Å². The van der Waals surface area contributed by atoms with Crippen LogP contribution in [0.3, 0.4) is 0 Å². The number of piperazine rings is 1. The summed E-state index contributed by atoms with van der Waals surface area (Å²) >= 11 is 0. The van der Waals surface area contributed by atoms with E-state index in [-0.39, 0.29) is 48.9 Å². The molecule has 0 spiro atoms. The van der Waals surface area contributed by atoms with Crippen molar-refractivity contribution < 1.29 is 32.3 Å². The highest BCUT2D eigenvalue weighted by Crippen LogP contribution is 2.44. The number of hydrogen-bond acceptors (Lipinski definition) is 5. The molecule has 1 fully saturated rings. The molecule has 0 radical (unpaired) electrons. The Balaban J connectivity index is 1.64. The van der Waals surface area contributed by atoms with Crippen LogP contribution in [0.15, 0.2) is 59.8 Å². The molecule has 1 atom stereocenters. The Morgan fingerprint density at radius 3 is 2.44 bits per heavy atom. The number of nitrogens with zero attached hydrogens (tertiary/aromatic N) is 5. The molecule has 212 valence electrons. The van der Waals surface area contributed by atoms with Crippen molar-refractivity contribution in [3.8, 4) is 6.07 Å². The maximum atomic E-state index is 14.2. The summed E-state index contributed by atoms with van der Waals surface area (Å²) in [5, 5.41) is 9.26. The number of benzene rings is 2. The molecule has 9 nitrogen and oxygen atoms in total. The second-order valence-electron chi connectivity index (χ2n) is 10.2. The Bertz CT molecular complexity index is 1500. The van der Waals surface area contributed by atoms with Crippen LogP contribution in [0, 0.1) is 11.3 Å². The van der Waals surface area contributed by atoms with Crippen LogP contribution in [-0.4, -0.2) is 71.6 Å². The van der Waals surface area contributed by atoms with Gasteiger partial charge in [-0.15, -0.1) is 0 Å². The van der Waals surface area contributed by atoms with Crippen molar-refractivity contribution >= 4 is 29.3 Å². The minimum absolute atomic E-state index is 0.0717. The number of Topliss-reactive ketones (excluding diaryl/α,β-unsaturated/α-hetero) is 1. The number of alkyl halides is 3. The molecule has 1 saturated heterocycles. The van der Waals surface area contributed by atoms with Crippen molar-refractivity contribution in [1.29, 1.82) is 5.26 Å². The van der Waals surface area contributed by atoms with E-state index < -0.39 is 36.3 Å². The highest BCUT2D eigenvalue weighted by atomic mass is 19.4. The van der Waals surface area contributed by atoms with Gasteiger partial charge < -0.3 is 14.7 Å². The van der Waals surface area contributed by atoms with Crippen molar-refractivity contribution in [2.75, 3.05) is 38.1 Å². The van der Waals surface area contributed by atoms with Gasteiger partial charge in [-0.3, -0.25) is 19.3 Å². The van der Waals surface area contributed by atoms with Crippen LogP contribution in [-0.2, 0) is 20.6 Å². The van der Waals surface area contributed by atoms with Gasteiger partial charge in [0, 0.05) is 37.8 Å². The fraction of sp³-hybridized carbons (Fsp3) is 0.345. The second-order valence-corrected chi connectivity index (χ2v) is 10.2. The lowest BCUT2D eigenvalue weighted by Crippen LogP contribution is -2.57. The molecule has 2 aliphatic heterocycles. The Morgan fingerprint density at radius 1 is 1.05 bits per heavy atom. The van der Waals surface area contributed by atoms with Gasteiger partial charge in [0.15, 0.2) is 5.78 Å². The molecular weight excluding hydrogens is 539 g/mol. The first kappa shape index (κ1) is 27.9. The normalized spacial score (nSPS) is 19.9. The van der Waals surface area contributed by atoms with Gasteiger partial charge >= 0.3 is 12.2 Å². The van der Waals surface area contributed by atoms with E-state index in [2.05, 4.69) is 0 Å². The molecular formula is C29H26F3N5O4. The summed E-state index contributed by atoms with van der Waals surface area (Å²) in [5.74, 6) is -1.08. The van der Waals surface area contributed by atoms with E-state index in [9.17, 15) is 37.6 Å². The Labute approximate surface area is 234 Å². The number of halogens is 3. The minimum atomic E-state index is -4.66. The van der Waals surface area contributed by atoms with Gasteiger partial charge in [-0.05, 0) is 48.7 Å². The second kappa shape index (κ2) is 10.7. The largest absolute Gasteiger partial charge is 0.416 e. The summed E-state index contributed by atoms with van der Waals surface area (Å²) in [7, 11) is 1.62. The first-order chi connectivity index (χ1) is 19.5. The topological polar surface area (TPSA) is 105 Å².